The number of H-pyrrole nitrogens is 1. The minimum absolute atomic E-state index is 0.375. The van der Waals surface area contributed by atoms with E-state index in [-0.39, 0.29) is 0 Å². The summed E-state index contributed by atoms with van der Waals surface area (Å²) in [6.07, 6.45) is 12.0. The van der Waals surface area contributed by atoms with E-state index in [1.54, 1.807) is 6.20 Å². The summed E-state index contributed by atoms with van der Waals surface area (Å²) in [6, 6.07) is 6.15. The molecule has 1 aliphatic heterocycles. The minimum Gasteiger partial charge on any atom is -0.348 e. The van der Waals surface area contributed by atoms with Crippen LogP contribution in [0.25, 0.3) is 11.5 Å². The van der Waals surface area contributed by atoms with Crippen LogP contribution in [-0.2, 0) is 13.0 Å². The van der Waals surface area contributed by atoms with Crippen molar-refractivity contribution in [3.05, 3.63) is 60.1 Å². The van der Waals surface area contributed by atoms with Crippen molar-refractivity contribution in [2.75, 3.05) is 6.54 Å². The average molecular weight is 348 g/mol. The quantitative estimate of drug-likeness (QED) is 0.737. The number of nitrogens with zero attached hydrogens (tertiary/aromatic N) is 5. The normalized spacial score (nSPS) is 17.2. The van der Waals surface area contributed by atoms with Crippen molar-refractivity contribution in [3.8, 4) is 11.5 Å². The minimum atomic E-state index is 0.375. The van der Waals surface area contributed by atoms with Gasteiger partial charge in [-0.3, -0.25) is 9.88 Å². The number of hydrogen-bond donors (Lipinski definition) is 1. The summed E-state index contributed by atoms with van der Waals surface area (Å²) in [5.41, 5.74) is 4.45. The molecule has 3 aromatic rings. The van der Waals surface area contributed by atoms with Gasteiger partial charge in [-0.05, 0) is 18.6 Å². The van der Waals surface area contributed by atoms with Crippen molar-refractivity contribution in [2.45, 2.75) is 45.2 Å². The Labute approximate surface area is 153 Å². The van der Waals surface area contributed by atoms with Gasteiger partial charge in [0.25, 0.3) is 0 Å². The van der Waals surface area contributed by atoms with Crippen LogP contribution in [0.5, 0.6) is 0 Å². The molecule has 1 atom stereocenters. The van der Waals surface area contributed by atoms with E-state index in [9.17, 15) is 0 Å². The van der Waals surface area contributed by atoms with Crippen LogP contribution in [0.4, 0.5) is 0 Å². The fourth-order valence-electron chi connectivity index (χ4n) is 3.61. The number of aromatic amines is 1. The third kappa shape index (κ3) is 3.51. The molecule has 0 aliphatic carbocycles. The number of aromatic nitrogens is 5. The Morgan fingerprint density at radius 1 is 1.15 bits per heavy atom. The Balaban J connectivity index is 1.50. The van der Waals surface area contributed by atoms with Crippen molar-refractivity contribution in [1.29, 1.82) is 0 Å². The Bertz CT molecular complexity index is 827. The largest absolute Gasteiger partial charge is 0.348 e. The molecule has 1 unspecified atom stereocenters. The zero-order chi connectivity index (χ0) is 17.8. The summed E-state index contributed by atoms with van der Waals surface area (Å²) >= 11 is 0. The molecule has 1 N–H and O–H groups in total. The molecule has 0 amide bonds. The highest BCUT2D eigenvalue weighted by molar-refractivity contribution is 5.47. The lowest BCUT2D eigenvalue weighted by Gasteiger charge is -2.35. The van der Waals surface area contributed by atoms with Crippen LogP contribution in [0.1, 0.15) is 49.2 Å². The first-order valence-corrected chi connectivity index (χ1v) is 9.33. The lowest BCUT2D eigenvalue weighted by Crippen LogP contribution is -2.35. The summed E-state index contributed by atoms with van der Waals surface area (Å²) in [5.74, 6) is 0.671. The SMILES string of the molecule is CCCCC1c2nc[nH]c2CCN1Cc1cnc(-c2ccccn2)nc1. The lowest BCUT2D eigenvalue weighted by molar-refractivity contribution is 0.160. The maximum Gasteiger partial charge on any atom is 0.178 e. The summed E-state index contributed by atoms with van der Waals surface area (Å²) in [4.78, 5) is 23.8. The molecule has 1 aliphatic rings. The van der Waals surface area contributed by atoms with Gasteiger partial charge in [0.1, 0.15) is 5.69 Å². The molecule has 4 rings (SSSR count). The Kier molecular flexibility index (Phi) is 5.02. The number of pyridine rings is 1. The third-order valence-corrected chi connectivity index (χ3v) is 4.97. The number of imidazole rings is 1. The second-order valence-corrected chi connectivity index (χ2v) is 6.77. The van der Waals surface area contributed by atoms with Gasteiger partial charge in [0, 0.05) is 49.4 Å². The van der Waals surface area contributed by atoms with Gasteiger partial charge in [0.2, 0.25) is 0 Å². The fraction of sp³-hybridized carbons (Fsp3) is 0.400. The first-order valence-electron chi connectivity index (χ1n) is 9.33. The van der Waals surface area contributed by atoms with Crippen LogP contribution in [0, 0.1) is 0 Å². The molecule has 134 valence electrons. The predicted molar refractivity (Wildman–Crippen MR) is 100 cm³/mol. The summed E-state index contributed by atoms with van der Waals surface area (Å²) < 4.78 is 0. The zero-order valence-corrected chi connectivity index (χ0v) is 15.1. The average Bonchev–Trinajstić information content (AvgIpc) is 3.17. The molecule has 6 heteroatoms. The Morgan fingerprint density at radius 2 is 2.04 bits per heavy atom. The predicted octanol–water partition coefficient (Wildman–Crippen LogP) is 3.55. The highest BCUT2D eigenvalue weighted by Gasteiger charge is 2.29. The smallest absolute Gasteiger partial charge is 0.178 e. The molecule has 26 heavy (non-hydrogen) atoms. The van der Waals surface area contributed by atoms with Gasteiger partial charge in [0.15, 0.2) is 5.82 Å². The van der Waals surface area contributed by atoms with E-state index in [0.717, 1.165) is 37.2 Å². The molecule has 0 spiro atoms. The van der Waals surface area contributed by atoms with Crippen LogP contribution in [0.2, 0.25) is 0 Å². The first-order chi connectivity index (χ1) is 12.8. The van der Waals surface area contributed by atoms with Gasteiger partial charge >= 0.3 is 0 Å². The van der Waals surface area contributed by atoms with Gasteiger partial charge in [0.05, 0.1) is 18.1 Å². The lowest BCUT2D eigenvalue weighted by atomic mass is 9.97. The second-order valence-electron chi connectivity index (χ2n) is 6.77. The maximum absolute atomic E-state index is 4.60. The summed E-state index contributed by atoms with van der Waals surface area (Å²) in [6.45, 7) is 4.12. The number of rotatable bonds is 6. The van der Waals surface area contributed by atoms with Crippen molar-refractivity contribution < 1.29 is 0 Å². The van der Waals surface area contributed by atoms with Crippen molar-refractivity contribution >= 4 is 0 Å². The molecule has 0 saturated carbocycles. The van der Waals surface area contributed by atoms with Gasteiger partial charge in [-0.2, -0.15) is 0 Å². The first kappa shape index (κ1) is 16.8. The monoisotopic (exact) mass is 348 g/mol. The highest BCUT2D eigenvalue weighted by Crippen LogP contribution is 2.32. The van der Waals surface area contributed by atoms with Gasteiger partial charge in [-0.15, -0.1) is 0 Å². The maximum atomic E-state index is 4.60. The van der Waals surface area contributed by atoms with Crippen LogP contribution in [0.15, 0.2) is 43.1 Å². The number of nitrogens with one attached hydrogen (secondary N) is 1. The number of fused-ring (bicyclic) bond motifs is 1. The van der Waals surface area contributed by atoms with Crippen LogP contribution in [-0.4, -0.2) is 36.4 Å². The van der Waals surface area contributed by atoms with Crippen molar-refractivity contribution in [1.82, 2.24) is 29.8 Å². The molecule has 0 aromatic carbocycles. The third-order valence-electron chi connectivity index (χ3n) is 4.97. The second kappa shape index (κ2) is 7.74. The summed E-state index contributed by atoms with van der Waals surface area (Å²) in [5, 5.41) is 0. The highest BCUT2D eigenvalue weighted by atomic mass is 15.2. The van der Waals surface area contributed by atoms with E-state index in [0.29, 0.717) is 11.9 Å². The van der Waals surface area contributed by atoms with Gasteiger partial charge in [-0.25, -0.2) is 15.0 Å². The molecule has 0 radical (unpaired) electrons. The van der Waals surface area contributed by atoms with Crippen molar-refractivity contribution in [3.63, 3.8) is 0 Å². The van der Waals surface area contributed by atoms with E-state index in [2.05, 4.69) is 36.7 Å². The Morgan fingerprint density at radius 3 is 2.81 bits per heavy atom. The molecule has 4 heterocycles. The molecular weight excluding hydrogens is 324 g/mol. The number of hydrogen-bond acceptors (Lipinski definition) is 5. The van der Waals surface area contributed by atoms with E-state index >= 15 is 0 Å². The fourth-order valence-corrected chi connectivity index (χ4v) is 3.61. The van der Waals surface area contributed by atoms with E-state index in [1.165, 1.54) is 24.2 Å². The summed E-state index contributed by atoms with van der Waals surface area (Å²) in [7, 11) is 0. The molecule has 6 nitrogen and oxygen atoms in total. The molecule has 0 fully saturated rings. The molecule has 3 aromatic heterocycles. The van der Waals surface area contributed by atoms with Crippen LogP contribution in [0.3, 0.4) is 0 Å². The van der Waals surface area contributed by atoms with E-state index in [1.807, 2.05) is 36.9 Å². The standard InChI is InChI=1S/C20H24N6/c1-2-3-7-18-19-16(24-14-25-19)8-10-26(18)13-15-11-22-20(23-12-15)17-6-4-5-9-21-17/h4-6,9,11-12,14,18H,2-3,7-8,10,13H2,1H3,(H,24,25). The molecule has 0 saturated heterocycles. The van der Waals surface area contributed by atoms with E-state index in [4.69, 9.17) is 0 Å². The van der Waals surface area contributed by atoms with Crippen molar-refractivity contribution in [2.24, 2.45) is 0 Å². The topological polar surface area (TPSA) is 70.6 Å². The molecule has 0 bridgehead atoms. The van der Waals surface area contributed by atoms with E-state index < -0.39 is 0 Å². The Hall–Kier alpha value is -2.60. The van der Waals surface area contributed by atoms with Gasteiger partial charge < -0.3 is 4.98 Å². The molecular formula is C20H24N6. The number of unbranched alkanes of at least 4 members (excludes halogenated alkanes) is 1. The van der Waals surface area contributed by atoms with Crippen LogP contribution < -0.4 is 0 Å². The van der Waals surface area contributed by atoms with Crippen LogP contribution >= 0.6 is 0 Å². The zero-order valence-electron chi connectivity index (χ0n) is 15.1. The van der Waals surface area contributed by atoms with Gasteiger partial charge in [-0.1, -0.05) is 25.8 Å².